The van der Waals surface area contributed by atoms with Gasteiger partial charge in [0.05, 0.1) is 8.07 Å². The number of halogens is 1. The highest BCUT2D eigenvalue weighted by Crippen LogP contribution is 2.41. The van der Waals surface area contributed by atoms with Crippen molar-refractivity contribution in [1.82, 2.24) is 0 Å². The molecule has 0 bridgehead atoms. The molecule has 0 aromatic heterocycles. The van der Waals surface area contributed by atoms with Crippen LogP contribution in [0.25, 0.3) is 0 Å². The summed E-state index contributed by atoms with van der Waals surface area (Å²) in [5.74, 6) is 1.05. The molecule has 3 heteroatoms. The van der Waals surface area contributed by atoms with Gasteiger partial charge in [-0.25, -0.2) is 0 Å². The van der Waals surface area contributed by atoms with Crippen molar-refractivity contribution in [2.24, 2.45) is 0 Å². The van der Waals surface area contributed by atoms with E-state index in [2.05, 4.69) is 88.4 Å². The zero-order chi connectivity index (χ0) is 16.5. The fourth-order valence-corrected chi connectivity index (χ4v) is 4.61. The first-order chi connectivity index (χ1) is 9.43. The molecule has 118 valence electrons. The molecule has 0 aliphatic heterocycles. The Bertz CT molecular complexity index is 507. The maximum Gasteiger partial charge on any atom is 0.123 e. The van der Waals surface area contributed by atoms with Crippen molar-refractivity contribution >= 4 is 29.2 Å². The molecule has 1 nitrogen and oxygen atoms in total. The lowest BCUT2D eigenvalue weighted by Gasteiger charge is -2.39. The first kappa shape index (κ1) is 18.5. The maximum absolute atomic E-state index is 6.11. The van der Waals surface area contributed by atoms with E-state index in [1.807, 2.05) is 6.08 Å². The van der Waals surface area contributed by atoms with Gasteiger partial charge in [0, 0.05) is 9.89 Å². The molecule has 1 aromatic carbocycles. The van der Waals surface area contributed by atoms with E-state index in [-0.39, 0.29) is 9.36 Å². The third-order valence-corrected chi connectivity index (χ3v) is 10.5. The van der Waals surface area contributed by atoms with Crippen molar-refractivity contribution in [1.29, 1.82) is 0 Å². The number of rotatable bonds is 5. The van der Waals surface area contributed by atoms with Gasteiger partial charge < -0.3 is 4.74 Å². The van der Waals surface area contributed by atoms with Crippen molar-refractivity contribution in [2.45, 2.75) is 57.1 Å². The van der Waals surface area contributed by atoms with Crippen LogP contribution in [0.2, 0.25) is 18.1 Å². The van der Waals surface area contributed by atoms with Gasteiger partial charge in [-0.15, -0.1) is 0 Å². The summed E-state index contributed by atoms with van der Waals surface area (Å²) >= 11 is 3.79. The third-order valence-electron chi connectivity index (χ3n) is 4.55. The molecule has 1 rings (SSSR count). The Morgan fingerprint density at radius 3 is 2.19 bits per heavy atom. The van der Waals surface area contributed by atoms with E-state index >= 15 is 0 Å². The summed E-state index contributed by atoms with van der Waals surface area (Å²) in [5, 5.41) is 1.66. The highest BCUT2D eigenvalue weighted by atomic mass is 79.9. The summed E-state index contributed by atoms with van der Waals surface area (Å²) in [6, 6.07) is 6.57. The van der Waals surface area contributed by atoms with Crippen molar-refractivity contribution in [2.75, 3.05) is 6.61 Å². The molecule has 0 fully saturated rings. The summed E-state index contributed by atoms with van der Waals surface area (Å²) in [6.45, 7) is 20.5. The zero-order valence-electron chi connectivity index (χ0n) is 14.5. The number of alkyl halides is 1. The van der Waals surface area contributed by atoms with Crippen LogP contribution in [0.1, 0.15) is 40.2 Å². The van der Waals surface area contributed by atoms with Gasteiger partial charge in [0.25, 0.3) is 0 Å². The Morgan fingerprint density at radius 2 is 1.76 bits per heavy atom. The zero-order valence-corrected chi connectivity index (χ0v) is 17.1. The normalized spacial score (nSPS) is 13.1. The number of ether oxygens (including phenoxy) is 1. The highest BCUT2D eigenvalue weighted by Gasteiger charge is 2.40. The summed E-state index contributed by atoms with van der Waals surface area (Å²) in [6.07, 6.45) is 1.81. The molecule has 21 heavy (non-hydrogen) atoms. The second kappa shape index (κ2) is 6.29. The Labute approximate surface area is 139 Å². The molecule has 0 saturated carbocycles. The van der Waals surface area contributed by atoms with Crippen molar-refractivity contribution in [3.05, 3.63) is 36.4 Å². The van der Waals surface area contributed by atoms with Gasteiger partial charge in [0.2, 0.25) is 0 Å². The third kappa shape index (κ3) is 4.01. The first-order valence-electron chi connectivity index (χ1n) is 7.49. The Morgan fingerprint density at radius 1 is 1.19 bits per heavy atom. The maximum atomic E-state index is 6.11. The summed E-state index contributed by atoms with van der Waals surface area (Å²) < 4.78 is 6.00. The second-order valence-corrected chi connectivity index (χ2v) is 14.9. The van der Waals surface area contributed by atoms with Crippen LogP contribution in [0.3, 0.4) is 0 Å². The van der Waals surface area contributed by atoms with Crippen molar-refractivity contribution in [3.63, 3.8) is 0 Å². The average Bonchev–Trinajstić information content (AvgIpc) is 2.33. The smallest absolute Gasteiger partial charge is 0.123 e. The van der Waals surface area contributed by atoms with E-state index < -0.39 is 8.07 Å². The summed E-state index contributed by atoms with van der Waals surface area (Å²) in [5.41, 5.74) is 1.21. The molecule has 0 N–H and O–H groups in total. The summed E-state index contributed by atoms with van der Waals surface area (Å²) in [7, 11) is -1.67. The quantitative estimate of drug-likeness (QED) is 0.373. The van der Waals surface area contributed by atoms with Crippen LogP contribution in [0.4, 0.5) is 0 Å². The SMILES string of the molecule is C=CCOc1c(C(C)(C)Br)cccc1[Si](C)(C)C(C)(C)C. The van der Waals surface area contributed by atoms with Gasteiger partial charge in [-0.1, -0.05) is 80.6 Å². The Hall–Kier alpha value is -0.543. The van der Waals surface area contributed by atoms with Gasteiger partial charge in [-0.3, -0.25) is 0 Å². The van der Waals surface area contributed by atoms with E-state index in [1.54, 1.807) is 0 Å². The number of hydrogen-bond donors (Lipinski definition) is 0. The van der Waals surface area contributed by atoms with Gasteiger partial charge in [0.1, 0.15) is 12.4 Å². The number of benzene rings is 1. The molecular weight excluding hydrogens is 340 g/mol. The van der Waals surface area contributed by atoms with Crippen molar-refractivity contribution in [3.8, 4) is 5.75 Å². The van der Waals surface area contributed by atoms with Crippen LogP contribution in [-0.4, -0.2) is 14.7 Å². The van der Waals surface area contributed by atoms with Crippen LogP contribution >= 0.6 is 15.9 Å². The van der Waals surface area contributed by atoms with Gasteiger partial charge >= 0.3 is 0 Å². The molecule has 0 radical (unpaired) electrons. The molecule has 0 unspecified atom stereocenters. The molecule has 0 amide bonds. The summed E-state index contributed by atoms with van der Waals surface area (Å²) in [4.78, 5) is 0. The minimum atomic E-state index is -1.67. The predicted molar refractivity (Wildman–Crippen MR) is 101 cm³/mol. The lowest BCUT2D eigenvalue weighted by Crippen LogP contribution is -2.50. The van der Waals surface area contributed by atoms with Crippen LogP contribution in [0, 0.1) is 0 Å². The monoisotopic (exact) mass is 368 g/mol. The standard InChI is InChI=1S/C18H29BrOSi/c1-9-13-20-16-14(18(5,6)19)11-10-12-15(16)21(7,8)17(2,3)4/h9-12H,1,13H2,2-8H3. The van der Waals surface area contributed by atoms with E-state index in [4.69, 9.17) is 4.74 Å². The minimum absolute atomic E-state index is 0.109. The molecule has 1 aromatic rings. The molecule has 0 saturated heterocycles. The van der Waals surface area contributed by atoms with E-state index in [0.717, 1.165) is 5.75 Å². The molecular formula is C18H29BrOSi. The largest absolute Gasteiger partial charge is 0.489 e. The molecule has 0 aliphatic carbocycles. The number of hydrogen-bond acceptors (Lipinski definition) is 1. The van der Waals surface area contributed by atoms with E-state index in [9.17, 15) is 0 Å². The van der Waals surface area contributed by atoms with E-state index in [1.165, 1.54) is 10.8 Å². The van der Waals surface area contributed by atoms with Gasteiger partial charge in [0.15, 0.2) is 0 Å². The lowest BCUT2D eigenvalue weighted by molar-refractivity contribution is 0.359. The second-order valence-electron chi connectivity index (χ2n) is 7.63. The Kier molecular flexibility index (Phi) is 5.54. The van der Waals surface area contributed by atoms with Crippen LogP contribution in [0.5, 0.6) is 5.75 Å². The lowest BCUT2D eigenvalue weighted by atomic mass is 10.0. The fourth-order valence-electron chi connectivity index (χ4n) is 2.20. The van der Waals surface area contributed by atoms with Crippen LogP contribution in [-0.2, 0) is 4.32 Å². The van der Waals surface area contributed by atoms with Crippen LogP contribution in [0.15, 0.2) is 30.9 Å². The average molecular weight is 369 g/mol. The molecule has 0 atom stereocenters. The van der Waals surface area contributed by atoms with E-state index in [0.29, 0.717) is 6.61 Å². The fraction of sp³-hybridized carbons (Fsp3) is 0.556. The highest BCUT2D eigenvalue weighted by molar-refractivity contribution is 9.09. The van der Waals surface area contributed by atoms with Gasteiger partial charge in [-0.05, 0) is 24.1 Å². The molecule has 0 heterocycles. The van der Waals surface area contributed by atoms with Crippen LogP contribution < -0.4 is 9.92 Å². The first-order valence-corrected chi connectivity index (χ1v) is 11.3. The molecule has 0 aliphatic rings. The minimum Gasteiger partial charge on any atom is -0.489 e. The molecule has 0 spiro atoms. The van der Waals surface area contributed by atoms with Crippen molar-refractivity contribution < 1.29 is 4.74 Å². The van der Waals surface area contributed by atoms with Gasteiger partial charge in [-0.2, -0.15) is 0 Å². The topological polar surface area (TPSA) is 9.23 Å². The Balaban J connectivity index is 3.55. The predicted octanol–water partition coefficient (Wildman–Crippen LogP) is 5.60. The number of para-hydroxylation sites is 1.